The third-order valence-electron chi connectivity index (χ3n) is 7.63. The number of benzene rings is 1. The maximum Gasteiger partial charge on any atom is 0.249 e. The Morgan fingerprint density at radius 1 is 1.26 bits per heavy atom. The lowest BCUT2D eigenvalue weighted by Crippen LogP contribution is -2.45. The van der Waals surface area contributed by atoms with Gasteiger partial charge in [0, 0.05) is 41.4 Å². The van der Waals surface area contributed by atoms with Crippen LogP contribution < -0.4 is 15.4 Å². The van der Waals surface area contributed by atoms with Crippen molar-refractivity contribution in [3.63, 3.8) is 0 Å². The summed E-state index contributed by atoms with van der Waals surface area (Å²) >= 11 is 0. The number of carbonyl (C=O) groups excluding carboxylic acids is 1. The number of aliphatic hydroxyl groups is 1. The summed E-state index contributed by atoms with van der Waals surface area (Å²) in [6, 6.07) is 10.5. The molecule has 0 bridgehead atoms. The SMILES string of the molecule is CCOc1cc(-c2ccc(N3CCC(CO)(c4cc(F)cc(C(N)=O)c4C)CC3)nc2)c2c(C#N)cnn2c1. The molecule has 0 radical (unpaired) electrons. The molecule has 0 aliphatic carbocycles. The normalized spacial score (nSPS) is 14.8. The summed E-state index contributed by atoms with van der Waals surface area (Å²) in [5.41, 5.74) is 8.89. The fraction of sp³-hybridized carbons (Fsp3) is 0.310. The van der Waals surface area contributed by atoms with E-state index in [4.69, 9.17) is 15.5 Å². The van der Waals surface area contributed by atoms with Gasteiger partial charge in [0.05, 0.1) is 36.7 Å². The van der Waals surface area contributed by atoms with E-state index in [0.29, 0.717) is 60.5 Å². The topological polar surface area (TPSA) is 130 Å². The van der Waals surface area contributed by atoms with Gasteiger partial charge in [-0.2, -0.15) is 10.4 Å². The number of fused-ring (bicyclic) bond motifs is 1. The number of piperidine rings is 1. The van der Waals surface area contributed by atoms with Crippen molar-refractivity contribution in [3.05, 3.63) is 77.0 Å². The first kappa shape index (κ1) is 26.1. The summed E-state index contributed by atoms with van der Waals surface area (Å²) < 4.78 is 21.7. The number of aliphatic hydroxyl groups excluding tert-OH is 1. The first-order chi connectivity index (χ1) is 18.8. The Hall–Kier alpha value is -4.49. The standard InChI is InChI=1S/C29H29FN6O3/c1-3-39-22-12-24(27-20(13-31)15-34-36(27)16-22)19-4-5-26(33-14-19)35-8-6-29(17-37,7-9-35)25-11-21(30)10-23(18(25)2)28(32)38/h4-5,10-12,14-16,37H,3,6-9,17H2,1-2H3,(H2,32,38). The fourth-order valence-corrected chi connectivity index (χ4v) is 5.54. The number of hydrogen-bond acceptors (Lipinski definition) is 7. The molecule has 4 aromatic rings. The van der Waals surface area contributed by atoms with Crippen molar-refractivity contribution in [3.8, 4) is 22.9 Å². The minimum absolute atomic E-state index is 0.137. The average molecular weight is 529 g/mol. The molecule has 1 amide bonds. The van der Waals surface area contributed by atoms with Gasteiger partial charge in [0.2, 0.25) is 5.91 Å². The van der Waals surface area contributed by atoms with Gasteiger partial charge in [-0.05, 0) is 68.1 Å². The number of pyridine rings is 2. The molecular weight excluding hydrogens is 499 g/mol. The van der Waals surface area contributed by atoms with Crippen molar-refractivity contribution in [2.24, 2.45) is 5.73 Å². The first-order valence-corrected chi connectivity index (χ1v) is 12.8. The third-order valence-corrected chi connectivity index (χ3v) is 7.63. The molecular formula is C29H29FN6O3. The van der Waals surface area contributed by atoms with E-state index in [2.05, 4.69) is 16.1 Å². The van der Waals surface area contributed by atoms with Crippen LogP contribution in [0.5, 0.6) is 5.75 Å². The highest BCUT2D eigenvalue weighted by Gasteiger charge is 2.38. The zero-order valence-corrected chi connectivity index (χ0v) is 21.8. The molecule has 0 atom stereocenters. The van der Waals surface area contributed by atoms with E-state index < -0.39 is 17.1 Å². The van der Waals surface area contributed by atoms with Gasteiger partial charge in [0.25, 0.3) is 0 Å². The van der Waals surface area contributed by atoms with Crippen molar-refractivity contribution >= 4 is 17.2 Å². The molecule has 5 rings (SSSR count). The van der Waals surface area contributed by atoms with E-state index in [1.54, 1.807) is 23.8 Å². The molecule has 0 saturated carbocycles. The van der Waals surface area contributed by atoms with E-state index in [-0.39, 0.29) is 12.2 Å². The van der Waals surface area contributed by atoms with Crippen LogP contribution in [0.4, 0.5) is 10.2 Å². The Balaban J connectivity index is 1.41. The van der Waals surface area contributed by atoms with Crippen LogP contribution in [0.15, 0.2) is 48.9 Å². The maximum atomic E-state index is 14.4. The molecule has 0 unspecified atom stereocenters. The number of carbonyl (C=O) groups is 1. The van der Waals surface area contributed by atoms with Crippen LogP contribution in [-0.2, 0) is 5.41 Å². The Kier molecular flexibility index (Phi) is 6.93. The molecule has 1 aliphatic rings. The molecule has 1 aliphatic heterocycles. The third kappa shape index (κ3) is 4.66. The number of hydrogen-bond donors (Lipinski definition) is 2. The predicted octanol–water partition coefficient (Wildman–Crippen LogP) is 3.74. The highest BCUT2D eigenvalue weighted by molar-refractivity contribution is 5.94. The number of halogens is 1. The number of nitrogens with two attached hydrogens (primary N) is 1. The van der Waals surface area contributed by atoms with Gasteiger partial charge in [0.1, 0.15) is 23.5 Å². The molecule has 4 heterocycles. The summed E-state index contributed by atoms with van der Waals surface area (Å²) in [6.45, 7) is 5.14. The Morgan fingerprint density at radius 2 is 2.03 bits per heavy atom. The van der Waals surface area contributed by atoms with Crippen molar-refractivity contribution in [2.75, 3.05) is 31.2 Å². The molecule has 0 spiro atoms. The predicted molar refractivity (Wildman–Crippen MR) is 144 cm³/mol. The molecule has 1 fully saturated rings. The molecule has 10 heteroatoms. The number of amides is 1. The van der Waals surface area contributed by atoms with Crippen molar-refractivity contribution in [1.82, 2.24) is 14.6 Å². The monoisotopic (exact) mass is 528 g/mol. The van der Waals surface area contributed by atoms with Crippen molar-refractivity contribution in [1.29, 1.82) is 5.26 Å². The lowest BCUT2D eigenvalue weighted by atomic mass is 9.71. The van der Waals surface area contributed by atoms with Crippen molar-refractivity contribution in [2.45, 2.75) is 32.1 Å². The Labute approximate surface area is 225 Å². The number of anilines is 1. The van der Waals surface area contributed by atoms with Gasteiger partial charge in [-0.25, -0.2) is 13.9 Å². The van der Waals surface area contributed by atoms with E-state index in [0.717, 1.165) is 23.0 Å². The van der Waals surface area contributed by atoms with Crippen LogP contribution in [0.3, 0.4) is 0 Å². The second-order valence-corrected chi connectivity index (χ2v) is 9.81. The minimum atomic E-state index is -0.690. The number of ether oxygens (including phenoxy) is 1. The van der Waals surface area contributed by atoms with E-state index >= 15 is 0 Å². The van der Waals surface area contributed by atoms with E-state index in [9.17, 15) is 19.6 Å². The Bertz CT molecular complexity index is 1580. The molecule has 3 N–H and O–H groups in total. The van der Waals surface area contributed by atoms with Crippen LogP contribution >= 0.6 is 0 Å². The number of rotatable bonds is 7. The second-order valence-electron chi connectivity index (χ2n) is 9.81. The summed E-state index contributed by atoms with van der Waals surface area (Å²) in [7, 11) is 0. The van der Waals surface area contributed by atoms with Crippen LogP contribution in [0.25, 0.3) is 16.6 Å². The Morgan fingerprint density at radius 3 is 2.64 bits per heavy atom. The molecule has 1 aromatic carbocycles. The van der Waals surface area contributed by atoms with E-state index in [1.165, 1.54) is 12.3 Å². The summed E-state index contributed by atoms with van der Waals surface area (Å²) in [4.78, 5) is 18.7. The molecule has 3 aromatic heterocycles. The zero-order valence-electron chi connectivity index (χ0n) is 21.8. The van der Waals surface area contributed by atoms with Gasteiger partial charge in [-0.3, -0.25) is 4.79 Å². The van der Waals surface area contributed by atoms with Gasteiger partial charge < -0.3 is 20.5 Å². The number of aromatic nitrogens is 3. The number of primary amides is 1. The van der Waals surface area contributed by atoms with Gasteiger partial charge in [0.15, 0.2) is 0 Å². The smallest absolute Gasteiger partial charge is 0.249 e. The highest BCUT2D eigenvalue weighted by Crippen LogP contribution is 2.39. The molecule has 9 nitrogen and oxygen atoms in total. The van der Waals surface area contributed by atoms with Crippen molar-refractivity contribution < 1.29 is 19.0 Å². The highest BCUT2D eigenvalue weighted by atomic mass is 19.1. The average Bonchev–Trinajstić information content (AvgIpc) is 3.37. The molecule has 1 saturated heterocycles. The van der Waals surface area contributed by atoms with Gasteiger partial charge in [-0.1, -0.05) is 0 Å². The summed E-state index contributed by atoms with van der Waals surface area (Å²) in [5, 5.41) is 24.3. The zero-order chi connectivity index (χ0) is 27.7. The number of nitrogens with zero attached hydrogens (tertiary/aromatic N) is 5. The van der Waals surface area contributed by atoms with Gasteiger partial charge >= 0.3 is 0 Å². The van der Waals surface area contributed by atoms with Crippen LogP contribution in [0, 0.1) is 24.1 Å². The molecule has 200 valence electrons. The van der Waals surface area contributed by atoms with E-state index in [1.807, 2.05) is 25.1 Å². The fourth-order valence-electron chi connectivity index (χ4n) is 5.54. The first-order valence-electron chi connectivity index (χ1n) is 12.8. The van der Waals surface area contributed by atoms with Gasteiger partial charge in [-0.15, -0.1) is 0 Å². The maximum absolute atomic E-state index is 14.4. The largest absolute Gasteiger partial charge is 0.492 e. The summed E-state index contributed by atoms with van der Waals surface area (Å²) in [6.07, 6.45) is 6.14. The lowest BCUT2D eigenvalue weighted by Gasteiger charge is -2.42. The van der Waals surface area contributed by atoms with Crippen LogP contribution in [-0.4, -0.2) is 51.9 Å². The quantitative estimate of drug-likeness (QED) is 0.374. The minimum Gasteiger partial charge on any atom is -0.492 e. The van der Waals surface area contributed by atoms with Crippen LogP contribution in [0.1, 0.15) is 46.8 Å². The summed E-state index contributed by atoms with van der Waals surface area (Å²) in [5.74, 6) is 0.173. The molecule has 39 heavy (non-hydrogen) atoms. The number of nitriles is 1. The lowest BCUT2D eigenvalue weighted by molar-refractivity contribution is 0.0998. The second kappa shape index (κ2) is 10.3. The van der Waals surface area contributed by atoms with Crippen LogP contribution in [0.2, 0.25) is 0 Å².